The summed E-state index contributed by atoms with van der Waals surface area (Å²) in [6.45, 7) is 2.90. The van der Waals surface area contributed by atoms with Crippen LogP contribution in [0.4, 0.5) is 5.69 Å². The first-order chi connectivity index (χ1) is 13.0. The molecule has 138 valence electrons. The van der Waals surface area contributed by atoms with Crippen molar-refractivity contribution in [3.05, 3.63) is 64.7 Å². The van der Waals surface area contributed by atoms with Crippen LogP contribution in [0.1, 0.15) is 49.5 Å². The van der Waals surface area contributed by atoms with Crippen molar-refractivity contribution in [1.82, 2.24) is 4.90 Å². The molecule has 0 unspecified atom stereocenters. The van der Waals surface area contributed by atoms with Crippen molar-refractivity contribution in [2.45, 2.75) is 25.9 Å². The van der Waals surface area contributed by atoms with Gasteiger partial charge in [-0.3, -0.25) is 19.3 Å². The van der Waals surface area contributed by atoms with E-state index in [-0.39, 0.29) is 30.4 Å². The summed E-state index contributed by atoms with van der Waals surface area (Å²) in [5.74, 6) is -0.901. The molecule has 2 aliphatic heterocycles. The van der Waals surface area contributed by atoms with E-state index in [2.05, 4.69) is 5.32 Å². The maximum Gasteiger partial charge on any atom is 0.261 e. The predicted octanol–water partition coefficient (Wildman–Crippen LogP) is 3.02. The molecule has 0 aliphatic carbocycles. The third-order valence-corrected chi connectivity index (χ3v) is 4.95. The van der Waals surface area contributed by atoms with E-state index in [1.165, 1.54) is 4.90 Å². The SMILES string of the molecule is Cc1ccc(C(=O)Nc2ccc3c(c2)C(=O)N(C[C@@H]2CCCO2)C3=O)cc1. The van der Waals surface area contributed by atoms with Crippen molar-refractivity contribution in [3.63, 3.8) is 0 Å². The molecule has 1 N–H and O–H groups in total. The van der Waals surface area contributed by atoms with Gasteiger partial charge in [-0.15, -0.1) is 0 Å². The number of benzene rings is 2. The number of rotatable bonds is 4. The number of nitrogens with zero attached hydrogens (tertiary/aromatic N) is 1. The predicted molar refractivity (Wildman–Crippen MR) is 99.9 cm³/mol. The summed E-state index contributed by atoms with van der Waals surface area (Å²) in [6.07, 6.45) is 1.71. The summed E-state index contributed by atoms with van der Waals surface area (Å²) < 4.78 is 5.54. The van der Waals surface area contributed by atoms with Crippen LogP contribution in [-0.4, -0.2) is 41.9 Å². The quantitative estimate of drug-likeness (QED) is 0.846. The number of anilines is 1. The Bertz CT molecular complexity index is 914. The number of carbonyl (C=O) groups excluding carboxylic acids is 3. The first-order valence-corrected chi connectivity index (χ1v) is 9.03. The molecule has 1 fully saturated rings. The van der Waals surface area contributed by atoms with Gasteiger partial charge in [-0.1, -0.05) is 17.7 Å². The molecule has 2 aromatic carbocycles. The van der Waals surface area contributed by atoms with Gasteiger partial charge in [0.1, 0.15) is 0 Å². The summed E-state index contributed by atoms with van der Waals surface area (Å²) in [6, 6.07) is 12.0. The number of carbonyl (C=O) groups is 3. The summed E-state index contributed by atoms with van der Waals surface area (Å²) in [4.78, 5) is 38.8. The van der Waals surface area contributed by atoms with Crippen LogP contribution in [0.5, 0.6) is 0 Å². The van der Waals surface area contributed by atoms with E-state index in [1.54, 1.807) is 30.3 Å². The fourth-order valence-corrected chi connectivity index (χ4v) is 3.43. The number of aryl methyl sites for hydroxylation is 1. The maximum atomic E-state index is 12.7. The molecule has 3 amide bonds. The largest absolute Gasteiger partial charge is 0.376 e. The molecule has 2 heterocycles. The van der Waals surface area contributed by atoms with Gasteiger partial charge in [-0.2, -0.15) is 0 Å². The molecule has 0 bridgehead atoms. The fraction of sp³-hybridized carbons (Fsp3) is 0.286. The van der Waals surface area contributed by atoms with Gasteiger partial charge in [0.2, 0.25) is 0 Å². The van der Waals surface area contributed by atoms with Gasteiger partial charge in [0.25, 0.3) is 17.7 Å². The first kappa shape index (κ1) is 17.4. The first-order valence-electron chi connectivity index (χ1n) is 9.03. The highest BCUT2D eigenvalue weighted by molar-refractivity contribution is 6.22. The van der Waals surface area contributed by atoms with Crippen LogP contribution in [0.3, 0.4) is 0 Å². The number of ether oxygens (including phenoxy) is 1. The molecule has 0 radical (unpaired) electrons. The van der Waals surface area contributed by atoms with Crippen LogP contribution in [-0.2, 0) is 4.74 Å². The van der Waals surface area contributed by atoms with Crippen LogP contribution < -0.4 is 5.32 Å². The highest BCUT2D eigenvalue weighted by Crippen LogP contribution is 2.27. The van der Waals surface area contributed by atoms with Gasteiger partial charge in [-0.05, 0) is 50.1 Å². The molecule has 2 aromatic rings. The summed E-state index contributed by atoms with van der Waals surface area (Å²) >= 11 is 0. The molecule has 1 saturated heterocycles. The average Bonchev–Trinajstić information content (AvgIpc) is 3.25. The van der Waals surface area contributed by atoms with Crippen LogP contribution >= 0.6 is 0 Å². The van der Waals surface area contributed by atoms with Gasteiger partial charge in [-0.25, -0.2) is 0 Å². The van der Waals surface area contributed by atoms with Crippen molar-refractivity contribution >= 4 is 23.4 Å². The van der Waals surface area contributed by atoms with Crippen LogP contribution in [0, 0.1) is 6.92 Å². The van der Waals surface area contributed by atoms with Crippen LogP contribution in [0.15, 0.2) is 42.5 Å². The zero-order valence-electron chi connectivity index (χ0n) is 15.0. The Morgan fingerprint density at radius 1 is 1.11 bits per heavy atom. The van der Waals surface area contributed by atoms with E-state index < -0.39 is 0 Å². The number of hydrogen-bond acceptors (Lipinski definition) is 4. The molecular weight excluding hydrogens is 344 g/mol. The second-order valence-corrected chi connectivity index (χ2v) is 6.94. The highest BCUT2D eigenvalue weighted by atomic mass is 16.5. The fourth-order valence-electron chi connectivity index (χ4n) is 3.43. The monoisotopic (exact) mass is 364 g/mol. The number of nitrogens with one attached hydrogen (secondary N) is 1. The third kappa shape index (κ3) is 3.36. The minimum Gasteiger partial charge on any atom is -0.376 e. The Hall–Kier alpha value is -2.99. The van der Waals surface area contributed by atoms with Crippen LogP contribution in [0.2, 0.25) is 0 Å². The highest BCUT2D eigenvalue weighted by Gasteiger charge is 2.37. The Morgan fingerprint density at radius 3 is 2.56 bits per heavy atom. The zero-order valence-corrected chi connectivity index (χ0v) is 15.0. The van der Waals surface area contributed by atoms with Crippen LogP contribution in [0.25, 0.3) is 0 Å². The second-order valence-electron chi connectivity index (χ2n) is 6.94. The summed E-state index contributed by atoms with van der Waals surface area (Å²) in [5.41, 5.74) is 2.77. The van der Waals surface area contributed by atoms with E-state index in [9.17, 15) is 14.4 Å². The third-order valence-electron chi connectivity index (χ3n) is 4.95. The Morgan fingerprint density at radius 2 is 1.85 bits per heavy atom. The topological polar surface area (TPSA) is 75.7 Å². The summed E-state index contributed by atoms with van der Waals surface area (Å²) in [7, 11) is 0. The standard InChI is InChI=1S/C21H20N2O4/c1-13-4-6-14(7-5-13)19(24)22-15-8-9-17-18(11-15)21(26)23(20(17)25)12-16-3-2-10-27-16/h4-9,11,16H,2-3,10,12H2,1H3,(H,22,24)/t16-/m0/s1. The minimum absolute atomic E-state index is 0.0899. The van der Waals surface area contributed by atoms with E-state index in [1.807, 2.05) is 19.1 Å². The Labute approximate surface area is 157 Å². The lowest BCUT2D eigenvalue weighted by Gasteiger charge is -2.17. The number of fused-ring (bicyclic) bond motifs is 1. The minimum atomic E-state index is -0.336. The lowest BCUT2D eigenvalue weighted by Crippen LogP contribution is -2.36. The number of imide groups is 1. The van der Waals surface area contributed by atoms with E-state index >= 15 is 0 Å². The van der Waals surface area contributed by atoms with Crippen molar-refractivity contribution in [2.75, 3.05) is 18.5 Å². The smallest absolute Gasteiger partial charge is 0.261 e. The van der Waals surface area contributed by atoms with Gasteiger partial charge in [0, 0.05) is 17.9 Å². The van der Waals surface area contributed by atoms with Gasteiger partial charge >= 0.3 is 0 Å². The lowest BCUT2D eigenvalue weighted by molar-refractivity contribution is 0.0475. The molecule has 1 atom stereocenters. The molecular formula is C21H20N2O4. The van der Waals surface area contributed by atoms with E-state index in [0.29, 0.717) is 29.0 Å². The maximum absolute atomic E-state index is 12.7. The number of amides is 3. The van der Waals surface area contributed by atoms with Crippen molar-refractivity contribution in [2.24, 2.45) is 0 Å². The zero-order chi connectivity index (χ0) is 19.0. The average molecular weight is 364 g/mol. The van der Waals surface area contributed by atoms with Gasteiger partial charge in [0.05, 0.1) is 23.8 Å². The number of hydrogen-bond donors (Lipinski definition) is 1. The molecule has 6 heteroatoms. The van der Waals surface area contributed by atoms with Gasteiger partial charge < -0.3 is 10.1 Å². The second kappa shape index (κ2) is 6.96. The van der Waals surface area contributed by atoms with Crippen molar-refractivity contribution in [3.8, 4) is 0 Å². The molecule has 0 saturated carbocycles. The van der Waals surface area contributed by atoms with Crippen molar-refractivity contribution in [1.29, 1.82) is 0 Å². The molecule has 4 rings (SSSR count). The molecule has 6 nitrogen and oxygen atoms in total. The molecule has 2 aliphatic rings. The molecule has 27 heavy (non-hydrogen) atoms. The van der Waals surface area contributed by atoms with E-state index in [4.69, 9.17) is 4.74 Å². The Balaban J connectivity index is 1.52. The van der Waals surface area contributed by atoms with Gasteiger partial charge in [0.15, 0.2) is 0 Å². The Kier molecular flexibility index (Phi) is 4.49. The summed E-state index contributed by atoms with van der Waals surface area (Å²) in [5, 5.41) is 2.79. The normalized spacial score (nSPS) is 18.7. The van der Waals surface area contributed by atoms with Crippen molar-refractivity contribution < 1.29 is 19.1 Å². The van der Waals surface area contributed by atoms with E-state index in [0.717, 1.165) is 18.4 Å². The lowest BCUT2D eigenvalue weighted by atomic mass is 10.1. The molecule has 0 aromatic heterocycles. The molecule has 0 spiro atoms.